The molecule has 23 heavy (non-hydrogen) atoms. The number of nitrogens with one attached hydrogen (secondary N) is 1. The third-order valence-corrected chi connectivity index (χ3v) is 4.89. The molecule has 2 N–H and O–H groups in total. The van der Waals surface area contributed by atoms with Gasteiger partial charge in [-0.3, -0.25) is 9.59 Å². The Balaban J connectivity index is 1.88. The second kappa shape index (κ2) is 6.01. The molecule has 2 fully saturated rings. The summed E-state index contributed by atoms with van der Waals surface area (Å²) in [5, 5.41) is 22.3. The van der Waals surface area contributed by atoms with Crippen molar-refractivity contribution in [3.63, 3.8) is 0 Å². The monoisotopic (exact) mass is 313 g/mol. The summed E-state index contributed by atoms with van der Waals surface area (Å²) in [7, 11) is 0. The van der Waals surface area contributed by atoms with Crippen LogP contribution in [-0.2, 0) is 4.79 Å². The van der Waals surface area contributed by atoms with Gasteiger partial charge in [0.05, 0.1) is 28.7 Å². The van der Waals surface area contributed by atoms with E-state index in [9.17, 15) is 14.7 Å². The molecule has 2 aliphatic rings. The van der Waals surface area contributed by atoms with Gasteiger partial charge >= 0.3 is 0 Å². The van der Waals surface area contributed by atoms with E-state index in [2.05, 4.69) is 5.32 Å². The molecule has 0 unspecified atom stereocenters. The number of nitriles is 1. The lowest BCUT2D eigenvalue weighted by atomic mass is 9.71. The molecule has 2 saturated heterocycles. The van der Waals surface area contributed by atoms with Crippen molar-refractivity contribution < 1.29 is 14.7 Å². The van der Waals surface area contributed by atoms with E-state index in [0.717, 1.165) is 6.42 Å². The molecule has 6 nitrogen and oxygen atoms in total. The molecule has 2 amide bonds. The number of nitrogens with zero attached hydrogens (tertiary/aromatic N) is 2. The molecule has 0 aromatic heterocycles. The second-order valence-electron chi connectivity index (χ2n) is 6.20. The lowest BCUT2D eigenvalue weighted by molar-refractivity contribution is -0.147. The first kappa shape index (κ1) is 15.5. The quantitative estimate of drug-likeness (QED) is 0.796. The van der Waals surface area contributed by atoms with Crippen LogP contribution in [0, 0.1) is 16.7 Å². The summed E-state index contributed by atoms with van der Waals surface area (Å²) in [6.45, 7) is 1.19. The summed E-state index contributed by atoms with van der Waals surface area (Å²) in [5.41, 5.74) is -0.253. The molecule has 0 bridgehead atoms. The van der Waals surface area contributed by atoms with Crippen molar-refractivity contribution in [1.29, 1.82) is 5.26 Å². The highest BCUT2D eigenvalue weighted by Gasteiger charge is 2.50. The number of carbonyl (C=O) groups is 2. The van der Waals surface area contributed by atoms with Crippen molar-refractivity contribution >= 4 is 11.8 Å². The molecule has 1 aromatic rings. The maximum atomic E-state index is 12.8. The van der Waals surface area contributed by atoms with E-state index in [1.165, 1.54) is 0 Å². The largest absolute Gasteiger partial charge is 0.392 e. The Morgan fingerprint density at radius 1 is 1.43 bits per heavy atom. The van der Waals surface area contributed by atoms with Crippen LogP contribution in [0.3, 0.4) is 0 Å². The van der Waals surface area contributed by atoms with Gasteiger partial charge in [0.25, 0.3) is 5.91 Å². The molecular formula is C17H19N3O3. The molecule has 0 aliphatic carbocycles. The number of aliphatic hydroxyl groups is 1. The molecule has 1 spiro atoms. The van der Waals surface area contributed by atoms with Gasteiger partial charge in [-0.05, 0) is 31.4 Å². The van der Waals surface area contributed by atoms with E-state index in [1.54, 1.807) is 29.2 Å². The number of rotatable bonds is 1. The van der Waals surface area contributed by atoms with E-state index >= 15 is 0 Å². The van der Waals surface area contributed by atoms with Crippen LogP contribution in [0.2, 0.25) is 0 Å². The fourth-order valence-electron chi connectivity index (χ4n) is 3.55. The van der Waals surface area contributed by atoms with Crippen molar-refractivity contribution in [3.8, 4) is 6.07 Å². The average Bonchev–Trinajstić information content (AvgIpc) is 2.59. The topological polar surface area (TPSA) is 93.4 Å². The third-order valence-electron chi connectivity index (χ3n) is 4.89. The number of hydrogen-bond donors (Lipinski definition) is 2. The minimum Gasteiger partial charge on any atom is -0.392 e. The van der Waals surface area contributed by atoms with Crippen LogP contribution in [0.15, 0.2) is 24.3 Å². The van der Waals surface area contributed by atoms with E-state index in [-0.39, 0.29) is 18.4 Å². The number of carbonyl (C=O) groups excluding carboxylic acids is 2. The summed E-state index contributed by atoms with van der Waals surface area (Å²) in [5.74, 6) is -0.436. The Kier molecular flexibility index (Phi) is 4.05. The van der Waals surface area contributed by atoms with Crippen LogP contribution in [0.5, 0.6) is 0 Å². The van der Waals surface area contributed by atoms with Gasteiger partial charge in [-0.1, -0.05) is 12.1 Å². The Labute approximate surface area is 134 Å². The van der Waals surface area contributed by atoms with Crippen LogP contribution in [0.4, 0.5) is 0 Å². The van der Waals surface area contributed by atoms with Crippen molar-refractivity contribution in [3.05, 3.63) is 35.4 Å². The van der Waals surface area contributed by atoms with E-state index in [1.807, 2.05) is 6.07 Å². The molecular weight excluding hydrogens is 294 g/mol. The van der Waals surface area contributed by atoms with Crippen LogP contribution < -0.4 is 5.32 Å². The number of amides is 2. The fourth-order valence-corrected chi connectivity index (χ4v) is 3.55. The van der Waals surface area contributed by atoms with Crippen LogP contribution >= 0.6 is 0 Å². The van der Waals surface area contributed by atoms with Crippen molar-refractivity contribution in [2.75, 3.05) is 19.6 Å². The molecule has 3 rings (SSSR count). The van der Waals surface area contributed by atoms with E-state index in [4.69, 9.17) is 5.26 Å². The zero-order valence-electron chi connectivity index (χ0n) is 12.8. The highest BCUT2D eigenvalue weighted by molar-refractivity contribution is 5.97. The Morgan fingerprint density at radius 2 is 2.22 bits per heavy atom. The normalized spacial score (nSPS) is 27.4. The first-order chi connectivity index (χ1) is 11.1. The summed E-state index contributed by atoms with van der Waals surface area (Å²) in [6.07, 6.45) is 0.995. The molecule has 0 saturated carbocycles. The fraction of sp³-hybridized carbons (Fsp3) is 0.471. The van der Waals surface area contributed by atoms with Crippen molar-refractivity contribution in [2.24, 2.45) is 5.41 Å². The third kappa shape index (κ3) is 2.57. The van der Waals surface area contributed by atoms with E-state index in [0.29, 0.717) is 37.1 Å². The molecule has 1 aromatic carbocycles. The van der Waals surface area contributed by atoms with Crippen molar-refractivity contribution in [1.82, 2.24) is 10.2 Å². The van der Waals surface area contributed by atoms with Gasteiger partial charge in [0.2, 0.25) is 5.91 Å². The Hall–Kier alpha value is -2.39. The molecule has 2 aliphatic heterocycles. The minimum absolute atomic E-state index is 0.178. The van der Waals surface area contributed by atoms with Crippen LogP contribution in [-0.4, -0.2) is 47.6 Å². The minimum atomic E-state index is -0.923. The van der Waals surface area contributed by atoms with Gasteiger partial charge < -0.3 is 15.3 Å². The molecule has 6 heteroatoms. The lowest BCUT2D eigenvalue weighted by Gasteiger charge is -2.46. The maximum Gasteiger partial charge on any atom is 0.255 e. The first-order valence-electron chi connectivity index (χ1n) is 7.83. The second-order valence-corrected chi connectivity index (χ2v) is 6.20. The molecule has 2 atom stereocenters. The highest BCUT2D eigenvalue weighted by Crippen LogP contribution is 2.37. The Morgan fingerprint density at radius 3 is 2.96 bits per heavy atom. The standard InChI is InChI=1S/C17H19N3O3/c18-10-12-4-1-2-5-13(12)15(22)20-9-6-14(21)17(11-20)7-3-8-19-16(17)23/h1-2,4-5,14,21H,3,6-9,11H2,(H,19,23)/t14-,17+/m0/s1. The smallest absolute Gasteiger partial charge is 0.255 e. The van der Waals surface area contributed by atoms with Gasteiger partial charge in [0, 0.05) is 19.6 Å². The molecule has 120 valence electrons. The predicted molar refractivity (Wildman–Crippen MR) is 82.4 cm³/mol. The SMILES string of the molecule is N#Cc1ccccc1C(=O)N1CC[C@H](O)[C@@]2(CCCNC2=O)C1. The Bertz CT molecular complexity index is 682. The van der Waals surface area contributed by atoms with Gasteiger partial charge in [0.15, 0.2) is 0 Å². The number of benzene rings is 1. The maximum absolute atomic E-state index is 12.8. The summed E-state index contributed by atoms with van der Waals surface area (Å²) in [4.78, 5) is 26.7. The van der Waals surface area contributed by atoms with Crippen molar-refractivity contribution in [2.45, 2.75) is 25.4 Å². The van der Waals surface area contributed by atoms with Gasteiger partial charge in [-0.15, -0.1) is 0 Å². The molecule has 0 radical (unpaired) electrons. The van der Waals surface area contributed by atoms with Gasteiger partial charge in [-0.2, -0.15) is 5.26 Å². The summed E-state index contributed by atoms with van der Waals surface area (Å²) >= 11 is 0. The molecule has 2 heterocycles. The van der Waals surface area contributed by atoms with Crippen LogP contribution in [0.1, 0.15) is 35.2 Å². The number of aliphatic hydroxyl groups excluding tert-OH is 1. The van der Waals surface area contributed by atoms with Gasteiger partial charge in [-0.25, -0.2) is 0 Å². The summed E-state index contributed by atoms with van der Waals surface area (Å²) in [6, 6.07) is 8.69. The van der Waals surface area contributed by atoms with Gasteiger partial charge in [0.1, 0.15) is 0 Å². The van der Waals surface area contributed by atoms with Crippen LogP contribution in [0.25, 0.3) is 0 Å². The van der Waals surface area contributed by atoms with E-state index < -0.39 is 11.5 Å². The number of hydrogen-bond acceptors (Lipinski definition) is 4. The highest BCUT2D eigenvalue weighted by atomic mass is 16.3. The zero-order valence-corrected chi connectivity index (χ0v) is 12.8. The number of likely N-dealkylation sites (tertiary alicyclic amines) is 1. The lowest BCUT2D eigenvalue weighted by Crippen LogP contribution is -2.62. The zero-order chi connectivity index (χ0) is 16.4. The average molecular weight is 313 g/mol. The summed E-state index contributed by atoms with van der Waals surface area (Å²) < 4.78 is 0. The predicted octanol–water partition coefficient (Wildman–Crippen LogP) is 0.661. The first-order valence-corrected chi connectivity index (χ1v) is 7.83. The number of piperidine rings is 2.